The van der Waals surface area contributed by atoms with Gasteiger partial charge in [-0.3, -0.25) is 0 Å². The smallest absolute Gasteiger partial charge is 0.142 e. The van der Waals surface area contributed by atoms with E-state index in [0.29, 0.717) is 6.61 Å². The molecule has 76 valence electrons. The van der Waals surface area contributed by atoms with E-state index in [1.807, 2.05) is 18.2 Å². The molecule has 0 fully saturated rings. The third kappa shape index (κ3) is 1.61. The van der Waals surface area contributed by atoms with Gasteiger partial charge in [-0.1, -0.05) is 0 Å². The summed E-state index contributed by atoms with van der Waals surface area (Å²) in [6.45, 7) is 0.562. The number of nitrogens with one attached hydrogen (secondary N) is 1. The van der Waals surface area contributed by atoms with E-state index in [-0.39, 0.29) is 12.6 Å². The van der Waals surface area contributed by atoms with Gasteiger partial charge in [-0.25, -0.2) is 0 Å². The molecule has 1 heterocycles. The van der Waals surface area contributed by atoms with Crippen LogP contribution in [-0.4, -0.2) is 31.5 Å². The van der Waals surface area contributed by atoms with Crippen LogP contribution in [0.2, 0.25) is 0 Å². The van der Waals surface area contributed by atoms with E-state index in [2.05, 4.69) is 5.32 Å². The molecule has 0 saturated heterocycles. The monoisotopic (exact) mass is 195 g/mol. The van der Waals surface area contributed by atoms with Gasteiger partial charge in [0.2, 0.25) is 0 Å². The highest BCUT2D eigenvalue weighted by Gasteiger charge is 2.18. The van der Waals surface area contributed by atoms with Gasteiger partial charge in [-0.05, 0) is 12.1 Å². The Labute approximate surface area is 82.5 Å². The van der Waals surface area contributed by atoms with Crippen molar-refractivity contribution in [2.75, 3.05) is 25.6 Å². The fourth-order valence-corrected chi connectivity index (χ4v) is 1.43. The minimum atomic E-state index is -0.0328. The fourth-order valence-electron chi connectivity index (χ4n) is 1.43. The number of ether oxygens (including phenoxy) is 2. The molecule has 14 heavy (non-hydrogen) atoms. The number of aliphatic hydroxyl groups is 1. The summed E-state index contributed by atoms with van der Waals surface area (Å²) in [4.78, 5) is 0. The maximum Gasteiger partial charge on any atom is 0.142 e. The van der Waals surface area contributed by atoms with Crippen molar-refractivity contribution in [3.63, 3.8) is 0 Å². The van der Waals surface area contributed by atoms with Crippen molar-refractivity contribution in [1.82, 2.24) is 0 Å². The lowest BCUT2D eigenvalue weighted by Gasteiger charge is -2.26. The Hall–Kier alpha value is -1.42. The number of rotatable bonds is 2. The van der Waals surface area contributed by atoms with Crippen LogP contribution in [0.15, 0.2) is 18.2 Å². The molecule has 1 unspecified atom stereocenters. The number of hydrogen-bond donors (Lipinski definition) is 2. The van der Waals surface area contributed by atoms with Crippen LogP contribution in [0.1, 0.15) is 0 Å². The molecule has 0 spiro atoms. The molecule has 2 rings (SSSR count). The van der Waals surface area contributed by atoms with E-state index >= 15 is 0 Å². The zero-order chi connectivity index (χ0) is 9.97. The summed E-state index contributed by atoms with van der Waals surface area (Å²) < 4.78 is 10.5. The highest BCUT2D eigenvalue weighted by molar-refractivity contribution is 5.61. The first kappa shape index (κ1) is 9.15. The van der Waals surface area contributed by atoms with Crippen molar-refractivity contribution >= 4 is 5.69 Å². The van der Waals surface area contributed by atoms with Gasteiger partial charge >= 0.3 is 0 Å². The van der Waals surface area contributed by atoms with Gasteiger partial charge in [0.15, 0.2) is 0 Å². The first-order valence-corrected chi connectivity index (χ1v) is 4.51. The Morgan fingerprint density at radius 3 is 3.21 bits per heavy atom. The molecule has 0 aliphatic carbocycles. The molecule has 0 amide bonds. The Bertz CT molecular complexity index is 327. The Balaban J connectivity index is 2.25. The molecular weight excluding hydrogens is 182 g/mol. The third-order valence-electron chi connectivity index (χ3n) is 2.21. The molecule has 1 aromatic carbocycles. The average molecular weight is 195 g/mol. The normalized spacial score (nSPS) is 19.1. The van der Waals surface area contributed by atoms with Gasteiger partial charge < -0.3 is 19.9 Å². The van der Waals surface area contributed by atoms with Crippen LogP contribution in [0.5, 0.6) is 11.5 Å². The van der Waals surface area contributed by atoms with Crippen molar-refractivity contribution in [2.45, 2.75) is 6.04 Å². The summed E-state index contributed by atoms with van der Waals surface area (Å²) in [6, 6.07) is 5.53. The molecule has 1 atom stereocenters. The number of benzene rings is 1. The summed E-state index contributed by atoms with van der Waals surface area (Å²) in [5, 5.41) is 12.1. The third-order valence-corrected chi connectivity index (χ3v) is 2.21. The Morgan fingerprint density at radius 1 is 1.64 bits per heavy atom. The van der Waals surface area contributed by atoms with E-state index in [4.69, 9.17) is 14.6 Å². The molecule has 0 bridgehead atoms. The van der Waals surface area contributed by atoms with Crippen LogP contribution in [0.4, 0.5) is 5.69 Å². The van der Waals surface area contributed by atoms with E-state index in [1.165, 1.54) is 0 Å². The quantitative estimate of drug-likeness (QED) is 0.735. The number of anilines is 1. The lowest BCUT2D eigenvalue weighted by atomic mass is 10.2. The standard InChI is InChI=1S/C10H13NO3/c1-13-8-2-3-10-9(4-8)11-7(5-12)6-14-10/h2-4,7,11-12H,5-6H2,1H3. The maximum atomic E-state index is 8.97. The zero-order valence-electron chi connectivity index (χ0n) is 7.99. The highest BCUT2D eigenvalue weighted by atomic mass is 16.5. The molecule has 2 N–H and O–H groups in total. The molecule has 1 aliphatic rings. The molecule has 0 saturated carbocycles. The fraction of sp³-hybridized carbons (Fsp3) is 0.400. The van der Waals surface area contributed by atoms with Crippen LogP contribution in [0.25, 0.3) is 0 Å². The second kappa shape index (κ2) is 3.75. The predicted octanol–water partition coefficient (Wildman–Crippen LogP) is 0.860. The van der Waals surface area contributed by atoms with Crippen LogP contribution >= 0.6 is 0 Å². The van der Waals surface area contributed by atoms with Crippen molar-refractivity contribution < 1.29 is 14.6 Å². The van der Waals surface area contributed by atoms with E-state index in [1.54, 1.807) is 7.11 Å². The second-order valence-electron chi connectivity index (χ2n) is 3.20. The molecule has 1 aromatic rings. The number of methoxy groups -OCH3 is 1. The van der Waals surface area contributed by atoms with Crippen LogP contribution in [-0.2, 0) is 0 Å². The number of aliphatic hydroxyl groups excluding tert-OH is 1. The van der Waals surface area contributed by atoms with Crippen molar-refractivity contribution in [2.24, 2.45) is 0 Å². The molecule has 1 aliphatic heterocycles. The minimum absolute atomic E-state index is 0.0328. The predicted molar refractivity (Wildman–Crippen MR) is 53.0 cm³/mol. The first-order chi connectivity index (χ1) is 6.83. The van der Waals surface area contributed by atoms with Crippen molar-refractivity contribution in [3.05, 3.63) is 18.2 Å². The van der Waals surface area contributed by atoms with Crippen LogP contribution < -0.4 is 14.8 Å². The van der Waals surface area contributed by atoms with Crippen molar-refractivity contribution in [1.29, 1.82) is 0 Å². The summed E-state index contributed by atoms with van der Waals surface area (Å²) in [6.07, 6.45) is 0. The van der Waals surface area contributed by atoms with Gasteiger partial charge in [0, 0.05) is 6.07 Å². The lowest BCUT2D eigenvalue weighted by Crippen LogP contribution is -2.34. The Kier molecular flexibility index (Phi) is 2.45. The summed E-state index contributed by atoms with van der Waals surface area (Å²) in [5.74, 6) is 1.58. The van der Waals surface area contributed by atoms with Crippen molar-refractivity contribution in [3.8, 4) is 11.5 Å². The van der Waals surface area contributed by atoms with Gasteiger partial charge in [-0.15, -0.1) is 0 Å². The largest absolute Gasteiger partial charge is 0.497 e. The van der Waals surface area contributed by atoms with E-state index in [9.17, 15) is 0 Å². The molecule has 4 heteroatoms. The van der Waals surface area contributed by atoms with Crippen LogP contribution in [0.3, 0.4) is 0 Å². The minimum Gasteiger partial charge on any atom is -0.497 e. The van der Waals surface area contributed by atoms with Gasteiger partial charge in [0.05, 0.1) is 25.4 Å². The van der Waals surface area contributed by atoms with Gasteiger partial charge in [0.1, 0.15) is 18.1 Å². The topological polar surface area (TPSA) is 50.7 Å². The van der Waals surface area contributed by atoms with Gasteiger partial charge in [0.25, 0.3) is 0 Å². The maximum absolute atomic E-state index is 8.97. The molecular formula is C10H13NO3. The molecule has 0 radical (unpaired) electrons. The molecule has 0 aromatic heterocycles. The van der Waals surface area contributed by atoms with E-state index < -0.39 is 0 Å². The first-order valence-electron chi connectivity index (χ1n) is 4.51. The molecule has 4 nitrogen and oxygen atoms in total. The average Bonchev–Trinajstić information content (AvgIpc) is 2.27. The number of fused-ring (bicyclic) bond motifs is 1. The second-order valence-corrected chi connectivity index (χ2v) is 3.20. The summed E-state index contributed by atoms with van der Waals surface area (Å²) in [7, 11) is 1.62. The summed E-state index contributed by atoms with van der Waals surface area (Å²) in [5.41, 5.74) is 0.870. The van der Waals surface area contributed by atoms with E-state index in [0.717, 1.165) is 17.2 Å². The zero-order valence-corrected chi connectivity index (χ0v) is 7.99. The van der Waals surface area contributed by atoms with Gasteiger partial charge in [-0.2, -0.15) is 0 Å². The SMILES string of the molecule is COc1ccc2c(c1)NC(CO)CO2. The highest BCUT2D eigenvalue weighted by Crippen LogP contribution is 2.32. The lowest BCUT2D eigenvalue weighted by molar-refractivity contribution is 0.207. The van der Waals surface area contributed by atoms with Crippen LogP contribution in [0, 0.1) is 0 Å². The summed E-state index contributed by atoms with van der Waals surface area (Å²) >= 11 is 0. The Morgan fingerprint density at radius 2 is 2.50 bits per heavy atom. The number of hydrogen-bond acceptors (Lipinski definition) is 4.